The smallest absolute Gasteiger partial charge is 0.274 e. The van der Waals surface area contributed by atoms with E-state index in [0.717, 1.165) is 27.7 Å². The molecule has 0 bridgehead atoms. The normalized spacial score (nSPS) is 13.2. The van der Waals surface area contributed by atoms with Gasteiger partial charge in [0.1, 0.15) is 6.54 Å². The maximum Gasteiger partial charge on any atom is 0.274 e. The minimum Gasteiger partial charge on any atom is -0.343 e. The molecule has 0 fully saturated rings. The zero-order chi connectivity index (χ0) is 22.9. The number of benzene rings is 2. The summed E-state index contributed by atoms with van der Waals surface area (Å²) in [7, 11) is 3.44. The fraction of sp³-hybridized carbons (Fsp3) is 0.280. The zero-order valence-corrected chi connectivity index (χ0v) is 18.8. The molecule has 5 rings (SSSR count). The van der Waals surface area contributed by atoms with E-state index in [0.29, 0.717) is 31.7 Å². The van der Waals surface area contributed by atoms with Crippen molar-refractivity contribution < 1.29 is 9.59 Å². The molecule has 8 nitrogen and oxygen atoms in total. The number of carbonyl (C=O) groups is 2. The molecule has 4 aromatic rings. The van der Waals surface area contributed by atoms with Crippen molar-refractivity contribution in [2.45, 2.75) is 26.1 Å². The van der Waals surface area contributed by atoms with Gasteiger partial charge in [-0.3, -0.25) is 19.0 Å². The maximum absolute atomic E-state index is 13.1. The van der Waals surface area contributed by atoms with E-state index >= 15 is 0 Å². The van der Waals surface area contributed by atoms with Gasteiger partial charge < -0.3 is 9.80 Å². The van der Waals surface area contributed by atoms with Crippen molar-refractivity contribution in [3.8, 4) is 0 Å². The number of aromatic nitrogens is 4. The molecular weight excluding hydrogens is 416 g/mol. The summed E-state index contributed by atoms with van der Waals surface area (Å²) in [4.78, 5) is 29.3. The maximum atomic E-state index is 13.1. The van der Waals surface area contributed by atoms with Crippen LogP contribution in [-0.2, 0) is 30.8 Å². The van der Waals surface area contributed by atoms with Crippen LogP contribution in [-0.4, -0.2) is 61.8 Å². The Kier molecular flexibility index (Phi) is 5.42. The standard InChI is InChI=1S/C25H26N6O2/c1-28(2)25(33)24-20-16-29(23(32)17-30-15-19-10-6-7-11-21(19)26-30)13-12-22(20)31(27-24)14-18-8-4-3-5-9-18/h3-11,15H,12-14,16-17H2,1-2H3. The first-order valence-electron chi connectivity index (χ1n) is 11.0. The van der Waals surface area contributed by atoms with Gasteiger partial charge >= 0.3 is 0 Å². The molecule has 1 aliphatic rings. The third-order valence-electron chi connectivity index (χ3n) is 6.03. The Bertz CT molecular complexity index is 1290. The Morgan fingerprint density at radius 1 is 1.00 bits per heavy atom. The summed E-state index contributed by atoms with van der Waals surface area (Å²) < 4.78 is 3.61. The van der Waals surface area contributed by atoms with Crippen LogP contribution in [0.3, 0.4) is 0 Å². The van der Waals surface area contributed by atoms with Crippen molar-refractivity contribution in [1.82, 2.24) is 29.4 Å². The SMILES string of the molecule is CN(C)C(=O)c1nn(Cc2ccccc2)c2c1CN(C(=O)Cn1cc3ccccc3n1)CC2. The van der Waals surface area contributed by atoms with E-state index in [1.54, 1.807) is 23.7 Å². The van der Waals surface area contributed by atoms with Crippen LogP contribution in [0.5, 0.6) is 0 Å². The Morgan fingerprint density at radius 2 is 1.76 bits per heavy atom. The van der Waals surface area contributed by atoms with Crippen molar-refractivity contribution in [2.24, 2.45) is 0 Å². The van der Waals surface area contributed by atoms with Crippen LogP contribution in [0.1, 0.15) is 27.3 Å². The highest BCUT2D eigenvalue weighted by molar-refractivity contribution is 5.94. The molecule has 3 heterocycles. The Hall–Kier alpha value is -3.94. The first-order chi connectivity index (χ1) is 16.0. The van der Waals surface area contributed by atoms with Gasteiger partial charge in [0.25, 0.3) is 5.91 Å². The Morgan fingerprint density at radius 3 is 2.52 bits per heavy atom. The monoisotopic (exact) mass is 442 g/mol. The predicted molar refractivity (Wildman–Crippen MR) is 125 cm³/mol. The molecule has 0 saturated carbocycles. The molecule has 33 heavy (non-hydrogen) atoms. The zero-order valence-electron chi connectivity index (χ0n) is 18.8. The highest BCUT2D eigenvalue weighted by atomic mass is 16.2. The van der Waals surface area contributed by atoms with Crippen molar-refractivity contribution in [1.29, 1.82) is 0 Å². The van der Waals surface area contributed by atoms with E-state index in [-0.39, 0.29) is 18.4 Å². The van der Waals surface area contributed by atoms with Crippen LogP contribution in [0.15, 0.2) is 60.8 Å². The van der Waals surface area contributed by atoms with Crippen molar-refractivity contribution in [2.75, 3.05) is 20.6 Å². The highest BCUT2D eigenvalue weighted by Gasteiger charge is 2.30. The van der Waals surface area contributed by atoms with Crippen LogP contribution in [0.2, 0.25) is 0 Å². The van der Waals surface area contributed by atoms with Gasteiger partial charge in [-0.15, -0.1) is 0 Å². The number of amides is 2. The molecule has 2 aromatic carbocycles. The van der Waals surface area contributed by atoms with Crippen LogP contribution in [0.25, 0.3) is 10.9 Å². The molecule has 0 atom stereocenters. The Labute approximate surface area is 192 Å². The van der Waals surface area contributed by atoms with E-state index in [1.807, 2.05) is 65.5 Å². The van der Waals surface area contributed by atoms with Gasteiger partial charge in [0.2, 0.25) is 5.91 Å². The molecule has 2 aromatic heterocycles. The number of hydrogen-bond acceptors (Lipinski definition) is 4. The molecule has 0 radical (unpaired) electrons. The molecule has 0 unspecified atom stereocenters. The fourth-order valence-corrected chi connectivity index (χ4v) is 4.31. The lowest BCUT2D eigenvalue weighted by Crippen LogP contribution is -2.39. The number of nitrogens with zero attached hydrogens (tertiary/aromatic N) is 6. The molecule has 0 N–H and O–H groups in total. The topological polar surface area (TPSA) is 76.3 Å². The van der Waals surface area contributed by atoms with Gasteiger partial charge in [0.15, 0.2) is 5.69 Å². The molecule has 1 aliphatic heterocycles. The molecule has 2 amide bonds. The first-order valence-corrected chi connectivity index (χ1v) is 11.0. The van der Waals surface area contributed by atoms with Crippen LogP contribution >= 0.6 is 0 Å². The Balaban J connectivity index is 1.40. The largest absolute Gasteiger partial charge is 0.343 e. The first kappa shape index (κ1) is 20.9. The average Bonchev–Trinajstić information content (AvgIpc) is 3.39. The predicted octanol–water partition coefficient (Wildman–Crippen LogP) is 2.57. The minimum atomic E-state index is -0.148. The second-order valence-electron chi connectivity index (χ2n) is 8.57. The van der Waals surface area contributed by atoms with E-state index in [2.05, 4.69) is 10.2 Å². The van der Waals surface area contributed by atoms with Crippen molar-refractivity contribution >= 4 is 22.7 Å². The van der Waals surface area contributed by atoms with E-state index in [9.17, 15) is 9.59 Å². The fourth-order valence-electron chi connectivity index (χ4n) is 4.31. The van der Waals surface area contributed by atoms with Crippen LogP contribution < -0.4 is 0 Å². The molecular formula is C25H26N6O2. The van der Waals surface area contributed by atoms with Crippen LogP contribution in [0.4, 0.5) is 0 Å². The molecule has 168 valence electrons. The van der Waals surface area contributed by atoms with Gasteiger partial charge in [-0.1, -0.05) is 48.5 Å². The third-order valence-corrected chi connectivity index (χ3v) is 6.03. The highest BCUT2D eigenvalue weighted by Crippen LogP contribution is 2.25. The summed E-state index contributed by atoms with van der Waals surface area (Å²) in [6.45, 7) is 1.72. The number of fused-ring (bicyclic) bond motifs is 2. The molecule has 0 aliphatic carbocycles. The lowest BCUT2D eigenvalue weighted by atomic mass is 10.0. The second kappa shape index (κ2) is 8.54. The van der Waals surface area contributed by atoms with Crippen LogP contribution in [0, 0.1) is 0 Å². The summed E-state index contributed by atoms with van der Waals surface area (Å²) in [5, 5.41) is 10.2. The second-order valence-corrected chi connectivity index (χ2v) is 8.57. The third kappa shape index (κ3) is 4.11. The lowest BCUT2D eigenvalue weighted by molar-refractivity contribution is -0.133. The van der Waals surface area contributed by atoms with Gasteiger partial charge in [-0.05, 0) is 11.6 Å². The summed E-state index contributed by atoms with van der Waals surface area (Å²) >= 11 is 0. The van der Waals surface area contributed by atoms with E-state index in [1.165, 1.54) is 4.90 Å². The molecule has 0 spiro atoms. The van der Waals surface area contributed by atoms with Gasteiger partial charge in [0.05, 0.1) is 12.1 Å². The summed E-state index contributed by atoms with van der Waals surface area (Å²) in [6.07, 6.45) is 2.55. The van der Waals surface area contributed by atoms with Gasteiger partial charge in [-0.25, -0.2) is 0 Å². The number of rotatable bonds is 5. The van der Waals surface area contributed by atoms with E-state index < -0.39 is 0 Å². The summed E-state index contributed by atoms with van der Waals surface area (Å²) in [5.41, 5.74) is 4.28. The number of carbonyl (C=O) groups excluding carboxylic acids is 2. The summed E-state index contributed by atoms with van der Waals surface area (Å²) in [5.74, 6) is -0.168. The van der Waals surface area contributed by atoms with E-state index in [4.69, 9.17) is 0 Å². The average molecular weight is 443 g/mol. The minimum absolute atomic E-state index is 0.0208. The van der Waals surface area contributed by atoms with Crippen molar-refractivity contribution in [3.63, 3.8) is 0 Å². The molecule has 8 heteroatoms. The van der Waals surface area contributed by atoms with Gasteiger partial charge in [-0.2, -0.15) is 10.2 Å². The van der Waals surface area contributed by atoms with Gasteiger partial charge in [0, 0.05) is 56.4 Å². The summed E-state index contributed by atoms with van der Waals surface area (Å²) in [6, 6.07) is 17.9. The lowest BCUT2D eigenvalue weighted by Gasteiger charge is -2.28. The molecule has 0 saturated heterocycles. The number of hydrogen-bond donors (Lipinski definition) is 0. The quantitative estimate of drug-likeness (QED) is 0.476. The van der Waals surface area contributed by atoms with Crippen molar-refractivity contribution in [3.05, 3.63) is 83.3 Å².